The van der Waals surface area contributed by atoms with Crippen LogP contribution in [-0.2, 0) is 11.3 Å². The predicted molar refractivity (Wildman–Crippen MR) is 68.6 cm³/mol. The van der Waals surface area contributed by atoms with Gasteiger partial charge in [0.05, 0.1) is 0 Å². The summed E-state index contributed by atoms with van der Waals surface area (Å²) >= 11 is 12.4. The molecular weight excluding hydrogens is 259 g/mol. The Labute approximate surface area is 112 Å². The summed E-state index contributed by atoms with van der Waals surface area (Å²) < 4.78 is 5.25. The number of hydrogen-bond donors (Lipinski definition) is 0. The van der Waals surface area contributed by atoms with Crippen LogP contribution in [0.5, 0.6) is 0 Å². The van der Waals surface area contributed by atoms with Gasteiger partial charge in [-0.3, -0.25) is 0 Å². The molecule has 0 bridgehead atoms. The summed E-state index contributed by atoms with van der Waals surface area (Å²) in [6.45, 7) is 2.92. The van der Waals surface area contributed by atoms with Gasteiger partial charge in [0, 0.05) is 12.2 Å². The molecule has 0 atom stereocenters. The van der Waals surface area contributed by atoms with E-state index in [1.165, 1.54) is 12.8 Å². The van der Waals surface area contributed by atoms with Crippen molar-refractivity contribution in [2.24, 2.45) is 0 Å². The average Bonchev–Trinajstić information content (AvgIpc) is 2.79. The molecule has 0 aromatic carbocycles. The maximum absolute atomic E-state index is 6.20. The smallest absolute Gasteiger partial charge is 0.157 e. The number of halogens is 2. The van der Waals surface area contributed by atoms with E-state index in [0.717, 1.165) is 18.4 Å². The molecule has 94 valence electrons. The molecule has 1 saturated carbocycles. The van der Waals surface area contributed by atoms with E-state index < -0.39 is 0 Å². The second-order valence-corrected chi connectivity index (χ2v) is 4.97. The van der Waals surface area contributed by atoms with Crippen molar-refractivity contribution in [3.8, 4) is 0 Å². The van der Waals surface area contributed by atoms with Crippen LogP contribution in [0.25, 0.3) is 0 Å². The minimum absolute atomic E-state index is 0.362. The van der Waals surface area contributed by atoms with E-state index in [0.29, 0.717) is 35.3 Å². The molecule has 0 amide bonds. The predicted octanol–water partition coefficient (Wildman–Crippen LogP) is 3.98. The Bertz CT molecular complexity index is 369. The maximum Gasteiger partial charge on any atom is 0.157 e. The van der Waals surface area contributed by atoms with Gasteiger partial charge in [-0.25, -0.2) is 9.97 Å². The molecule has 1 fully saturated rings. The second-order valence-electron chi connectivity index (χ2n) is 4.25. The average molecular weight is 275 g/mol. The van der Waals surface area contributed by atoms with Crippen molar-refractivity contribution < 1.29 is 4.74 Å². The Kier molecular flexibility index (Phi) is 4.60. The van der Waals surface area contributed by atoms with Gasteiger partial charge < -0.3 is 4.74 Å². The van der Waals surface area contributed by atoms with E-state index in [2.05, 4.69) is 9.97 Å². The summed E-state index contributed by atoms with van der Waals surface area (Å²) in [7, 11) is 0. The SMILES string of the molecule is CCOCc1nc(Cl)c(C2CCCC2)c(Cl)n1. The van der Waals surface area contributed by atoms with Crippen molar-refractivity contribution in [3.05, 3.63) is 21.7 Å². The number of aromatic nitrogens is 2. The number of hydrogen-bond acceptors (Lipinski definition) is 3. The zero-order chi connectivity index (χ0) is 12.3. The highest BCUT2D eigenvalue weighted by atomic mass is 35.5. The summed E-state index contributed by atoms with van der Waals surface area (Å²) in [5.74, 6) is 0.986. The third-order valence-corrected chi connectivity index (χ3v) is 3.67. The van der Waals surface area contributed by atoms with Crippen molar-refractivity contribution in [1.29, 1.82) is 0 Å². The van der Waals surface area contributed by atoms with Crippen LogP contribution in [0.15, 0.2) is 0 Å². The van der Waals surface area contributed by atoms with Gasteiger partial charge in [-0.1, -0.05) is 36.0 Å². The van der Waals surface area contributed by atoms with Gasteiger partial charge in [0.25, 0.3) is 0 Å². The van der Waals surface area contributed by atoms with E-state index in [-0.39, 0.29) is 0 Å². The lowest BCUT2D eigenvalue weighted by atomic mass is 10.0. The van der Waals surface area contributed by atoms with Gasteiger partial charge in [0.2, 0.25) is 0 Å². The first-order chi connectivity index (χ1) is 8.22. The van der Waals surface area contributed by atoms with Crippen LogP contribution in [0.2, 0.25) is 10.3 Å². The van der Waals surface area contributed by atoms with Crippen molar-refractivity contribution in [2.45, 2.75) is 45.1 Å². The van der Waals surface area contributed by atoms with E-state index in [4.69, 9.17) is 27.9 Å². The quantitative estimate of drug-likeness (QED) is 0.780. The van der Waals surface area contributed by atoms with Gasteiger partial charge in [-0.2, -0.15) is 0 Å². The molecule has 1 aliphatic rings. The number of rotatable bonds is 4. The van der Waals surface area contributed by atoms with Crippen LogP contribution >= 0.6 is 23.2 Å². The monoisotopic (exact) mass is 274 g/mol. The molecule has 2 rings (SSSR count). The molecule has 1 aromatic rings. The Hall–Kier alpha value is -0.380. The van der Waals surface area contributed by atoms with E-state index in [1.54, 1.807) is 0 Å². The van der Waals surface area contributed by atoms with Crippen molar-refractivity contribution >= 4 is 23.2 Å². The highest BCUT2D eigenvalue weighted by Gasteiger charge is 2.24. The highest BCUT2D eigenvalue weighted by Crippen LogP contribution is 2.39. The molecule has 0 radical (unpaired) electrons. The first-order valence-corrected chi connectivity index (χ1v) is 6.77. The molecular formula is C12H16Cl2N2O. The highest BCUT2D eigenvalue weighted by molar-refractivity contribution is 6.34. The molecule has 0 saturated heterocycles. The van der Waals surface area contributed by atoms with Crippen LogP contribution in [0.3, 0.4) is 0 Å². The molecule has 0 unspecified atom stereocenters. The van der Waals surface area contributed by atoms with Crippen LogP contribution in [0, 0.1) is 0 Å². The second kappa shape index (κ2) is 5.98. The Morgan fingerprint density at radius 1 is 1.18 bits per heavy atom. The lowest BCUT2D eigenvalue weighted by Gasteiger charge is -2.13. The molecule has 0 spiro atoms. The van der Waals surface area contributed by atoms with Crippen molar-refractivity contribution in [1.82, 2.24) is 9.97 Å². The van der Waals surface area contributed by atoms with Gasteiger partial charge in [0.1, 0.15) is 16.9 Å². The fourth-order valence-corrected chi connectivity index (χ4v) is 3.00. The Balaban J connectivity index is 2.22. The van der Waals surface area contributed by atoms with Crippen molar-refractivity contribution in [3.63, 3.8) is 0 Å². The number of nitrogens with zero attached hydrogens (tertiary/aromatic N) is 2. The third kappa shape index (κ3) is 3.09. The van der Waals surface area contributed by atoms with Gasteiger partial charge in [-0.15, -0.1) is 0 Å². The Morgan fingerprint density at radius 2 is 1.76 bits per heavy atom. The lowest BCUT2D eigenvalue weighted by molar-refractivity contribution is 0.128. The number of ether oxygens (including phenoxy) is 1. The molecule has 1 heterocycles. The Morgan fingerprint density at radius 3 is 2.29 bits per heavy atom. The summed E-state index contributed by atoms with van der Waals surface area (Å²) in [6, 6.07) is 0. The van der Waals surface area contributed by atoms with Crippen molar-refractivity contribution in [2.75, 3.05) is 6.61 Å². The van der Waals surface area contributed by atoms with E-state index >= 15 is 0 Å². The van der Waals surface area contributed by atoms with Gasteiger partial charge >= 0.3 is 0 Å². The molecule has 5 heteroatoms. The van der Waals surface area contributed by atoms with E-state index in [1.807, 2.05) is 6.92 Å². The fourth-order valence-electron chi connectivity index (χ4n) is 2.27. The molecule has 0 aliphatic heterocycles. The molecule has 3 nitrogen and oxygen atoms in total. The lowest BCUT2D eigenvalue weighted by Crippen LogP contribution is -2.05. The summed E-state index contributed by atoms with van der Waals surface area (Å²) in [4.78, 5) is 8.52. The fraction of sp³-hybridized carbons (Fsp3) is 0.667. The first-order valence-electron chi connectivity index (χ1n) is 6.02. The largest absolute Gasteiger partial charge is 0.374 e. The zero-order valence-corrected chi connectivity index (χ0v) is 11.4. The van der Waals surface area contributed by atoms with Crippen LogP contribution in [0.1, 0.15) is 49.9 Å². The molecule has 1 aliphatic carbocycles. The zero-order valence-electron chi connectivity index (χ0n) is 9.88. The van der Waals surface area contributed by atoms with Gasteiger partial charge in [0.15, 0.2) is 5.82 Å². The summed E-state index contributed by atoms with van der Waals surface area (Å²) in [5.41, 5.74) is 0.922. The van der Waals surface area contributed by atoms with Gasteiger partial charge in [-0.05, 0) is 25.7 Å². The first kappa shape index (κ1) is 13.1. The minimum Gasteiger partial charge on any atom is -0.374 e. The van der Waals surface area contributed by atoms with Crippen LogP contribution < -0.4 is 0 Å². The molecule has 1 aromatic heterocycles. The molecule has 17 heavy (non-hydrogen) atoms. The molecule has 0 N–H and O–H groups in total. The van der Waals surface area contributed by atoms with Crippen LogP contribution in [0.4, 0.5) is 0 Å². The normalized spacial score (nSPS) is 16.6. The van der Waals surface area contributed by atoms with Crippen LogP contribution in [-0.4, -0.2) is 16.6 Å². The third-order valence-electron chi connectivity index (χ3n) is 3.10. The summed E-state index contributed by atoms with van der Waals surface area (Å²) in [6.07, 6.45) is 4.73. The summed E-state index contributed by atoms with van der Waals surface area (Å²) in [5, 5.41) is 0.984. The topological polar surface area (TPSA) is 35.0 Å². The maximum atomic E-state index is 6.20. The van der Waals surface area contributed by atoms with E-state index in [9.17, 15) is 0 Å². The standard InChI is InChI=1S/C12H16Cl2N2O/c1-2-17-7-9-15-11(13)10(12(14)16-9)8-5-3-4-6-8/h8H,2-7H2,1H3. The minimum atomic E-state index is 0.362.